The molecule has 0 saturated heterocycles. The van der Waals surface area contributed by atoms with Crippen molar-refractivity contribution in [3.8, 4) is 0 Å². The fraction of sp³-hybridized carbons (Fsp3) is 0.375. The van der Waals surface area contributed by atoms with Crippen LogP contribution in [-0.2, 0) is 16.2 Å². The van der Waals surface area contributed by atoms with Gasteiger partial charge >= 0.3 is 0 Å². The van der Waals surface area contributed by atoms with Gasteiger partial charge in [0.05, 0.1) is 5.69 Å². The van der Waals surface area contributed by atoms with E-state index in [1.165, 1.54) is 88.0 Å². The van der Waals surface area contributed by atoms with E-state index in [1.807, 2.05) is 11.8 Å². The second-order valence-corrected chi connectivity index (χ2v) is 19.1. The molecule has 12 rings (SSSR count). The van der Waals surface area contributed by atoms with E-state index in [4.69, 9.17) is 4.42 Å². The molecule has 0 N–H and O–H groups in total. The predicted molar refractivity (Wildman–Crippen MR) is 212 cm³/mol. The number of benzene rings is 5. The lowest BCUT2D eigenvalue weighted by Gasteiger charge is -2.63. The van der Waals surface area contributed by atoms with Crippen LogP contribution < -0.4 is 4.90 Å². The van der Waals surface area contributed by atoms with Crippen LogP contribution in [0.5, 0.6) is 0 Å². The van der Waals surface area contributed by atoms with Crippen LogP contribution in [-0.4, -0.2) is 0 Å². The van der Waals surface area contributed by atoms with Crippen LogP contribution in [0, 0.1) is 23.7 Å². The average molecular weight is 686 g/mol. The standard InChI is InChI=1S/C48H47NOS/c1-46(2)20-21-47(3,4)45-38(46)12-9-13-40(45)49(34-16-18-36-35-10-5-7-14-41(35)50-42(36)28-34)33-17-19-44-39(27-33)48(37-11-6-8-15-43(37)51-44)31-23-29-22-30(25-31)26-32(48)24-29/h5-19,27-32H,20-26H2,1-4H3. The third kappa shape index (κ3) is 4.25. The Morgan fingerprint density at radius 2 is 1.22 bits per heavy atom. The molecular formula is C48H47NOS. The second-order valence-electron chi connectivity index (χ2n) is 18.0. The van der Waals surface area contributed by atoms with Gasteiger partial charge in [-0.1, -0.05) is 88.0 Å². The number of para-hydroxylation sites is 1. The summed E-state index contributed by atoms with van der Waals surface area (Å²) in [7, 11) is 0. The highest BCUT2D eigenvalue weighted by Crippen LogP contribution is 2.69. The minimum absolute atomic E-state index is 0.0504. The van der Waals surface area contributed by atoms with Gasteiger partial charge in [-0.05, 0) is 150 Å². The molecule has 1 aliphatic heterocycles. The Bertz CT molecular complexity index is 2370. The summed E-state index contributed by atoms with van der Waals surface area (Å²) in [5.41, 5.74) is 12.1. The lowest BCUT2D eigenvalue weighted by atomic mass is 9.42. The van der Waals surface area contributed by atoms with Crippen molar-refractivity contribution in [3.05, 3.63) is 125 Å². The van der Waals surface area contributed by atoms with Gasteiger partial charge < -0.3 is 9.32 Å². The molecule has 0 radical (unpaired) electrons. The zero-order valence-corrected chi connectivity index (χ0v) is 31.2. The van der Waals surface area contributed by atoms with Gasteiger partial charge in [0.1, 0.15) is 11.2 Å². The van der Waals surface area contributed by atoms with Gasteiger partial charge in [0.2, 0.25) is 0 Å². The highest BCUT2D eigenvalue weighted by atomic mass is 32.2. The Labute approximate surface area is 306 Å². The van der Waals surface area contributed by atoms with E-state index in [0.717, 1.165) is 40.5 Å². The molecule has 3 heteroatoms. The summed E-state index contributed by atoms with van der Waals surface area (Å²) >= 11 is 2.01. The van der Waals surface area contributed by atoms with Gasteiger partial charge in [-0.3, -0.25) is 0 Å². The minimum Gasteiger partial charge on any atom is -0.456 e. The first-order valence-corrected chi connectivity index (χ1v) is 20.3. The first-order chi connectivity index (χ1) is 24.7. The van der Waals surface area contributed by atoms with E-state index in [-0.39, 0.29) is 16.2 Å². The third-order valence-electron chi connectivity index (χ3n) is 14.3. The maximum absolute atomic E-state index is 6.56. The van der Waals surface area contributed by atoms with Gasteiger partial charge in [-0.2, -0.15) is 0 Å². The van der Waals surface area contributed by atoms with Crippen LogP contribution in [0.25, 0.3) is 21.9 Å². The smallest absolute Gasteiger partial charge is 0.137 e. The molecule has 0 unspecified atom stereocenters. The topological polar surface area (TPSA) is 16.4 Å². The van der Waals surface area contributed by atoms with Crippen LogP contribution in [0.1, 0.15) is 94.9 Å². The summed E-state index contributed by atoms with van der Waals surface area (Å²) in [6.07, 6.45) is 9.39. The molecule has 6 aliphatic rings. The highest BCUT2D eigenvalue weighted by molar-refractivity contribution is 7.99. The maximum atomic E-state index is 6.56. The number of nitrogens with zero attached hydrogens (tertiary/aromatic N) is 1. The number of furan rings is 1. The molecule has 0 atom stereocenters. The normalized spacial score (nSPS) is 27.8. The number of rotatable bonds is 3. The molecule has 2 nitrogen and oxygen atoms in total. The van der Waals surface area contributed by atoms with Crippen molar-refractivity contribution in [2.75, 3.05) is 4.90 Å². The molecule has 5 aliphatic carbocycles. The zero-order valence-electron chi connectivity index (χ0n) is 30.3. The fourth-order valence-corrected chi connectivity index (χ4v) is 13.4. The van der Waals surface area contributed by atoms with Gasteiger partial charge in [-0.15, -0.1) is 0 Å². The summed E-state index contributed by atoms with van der Waals surface area (Å²) in [6.45, 7) is 9.82. The van der Waals surface area contributed by atoms with Crippen LogP contribution in [0.15, 0.2) is 117 Å². The monoisotopic (exact) mass is 685 g/mol. The first-order valence-electron chi connectivity index (χ1n) is 19.5. The van der Waals surface area contributed by atoms with Crippen molar-refractivity contribution in [1.82, 2.24) is 0 Å². The van der Waals surface area contributed by atoms with Gasteiger partial charge in [0.25, 0.3) is 0 Å². The summed E-state index contributed by atoms with van der Waals surface area (Å²) in [4.78, 5) is 5.55. The van der Waals surface area contributed by atoms with Crippen molar-refractivity contribution < 1.29 is 4.42 Å². The lowest BCUT2D eigenvalue weighted by Crippen LogP contribution is -2.57. The average Bonchev–Trinajstić information content (AvgIpc) is 3.50. The maximum Gasteiger partial charge on any atom is 0.137 e. The van der Waals surface area contributed by atoms with Crippen LogP contribution >= 0.6 is 11.8 Å². The first kappa shape index (κ1) is 30.7. The Kier molecular flexibility index (Phi) is 6.35. The Balaban J connectivity index is 1.17. The van der Waals surface area contributed by atoms with E-state index >= 15 is 0 Å². The van der Waals surface area contributed by atoms with Crippen molar-refractivity contribution in [1.29, 1.82) is 0 Å². The third-order valence-corrected chi connectivity index (χ3v) is 15.5. The molecule has 2 heterocycles. The largest absolute Gasteiger partial charge is 0.456 e. The Morgan fingerprint density at radius 1 is 0.569 bits per heavy atom. The molecule has 5 aromatic carbocycles. The van der Waals surface area contributed by atoms with E-state index < -0.39 is 0 Å². The number of hydrogen-bond donors (Lipinski definition) is 0. The molecule has 256 valence electrons. The van der Waals surface area contributed by atoms with E-state index in [9.17, 15) is 0 Å². The molecule has 51 heavy (non-hydrogen) atoms. The summed E-state index contributed by atoms with van der Waals surface area (Å²) in [6, 6.07) is 39.5. The van der Waals surface area contributed by atoms with Crippen molar-refractivity contribution in [3.63, 3.8) is 0 Å². The van der Waals surface area contributed by atoms with Crippen molar-refractivity contribution >= 4 is 50.8 Å². The summed E-state index contributed by atoms with van der Waals surface area (Å²) < 4.78 is 6.56. The Hall–Kier alpha value is -3.95. The van der Waals surface area contributed by atoms with E-state index in [0.29, 0.717) is 0 Å². The predicted octanol–water partition coefficient (Wildman–Crippen LogP) is 13.6. The lowest BCUT2D eigenvalue weighted by molar-refractivity contribution is -0.0443. The fourth-order valence-electron chi connectivity index (χ4n) is 12.2. The zero-order chi connectivity index (χ0) is 34.3. The minimum atomic E-state index is 0.0504. The summed E-state index contributed by atoms with van der Waals surface area (Å²) in [5, 5.41) is 2.36. The SMILES string of the molecule is CC1(C)CCC(C)(C)c2c(N(c3ccc4c(c3)C3(c5ccccc5S4)C4CC5CC(C4)CC3C5)c3ccc4c(c3)oc3ccccc34)cccc21. The molecule has 4 saturated carbocycles. The molecule has 4 bridgehead atoms. The van der Waals surface area contributed by atoms with E-state index in [1.54, 1.807) is 11.1 Å². The van der Waals surface area contributed by atoms with Gasteiger partial charge in [0.15, 0.2) is 0 Å². The second kappa shape index (κ2) is 10.6. The van der Waals surface area contributed by atoms with Crippen LogP contribution in [0.2, 0.25) is 0 Å². The van der Waals surface area contributed by atoms with Crippen LogP contribution in [0.3, 0.4) is 0 Å². The number of fused-ring (bicyclic) bond motifs is 6. The highest BCUT2D eigenvalue weighted by Gasteiger charge is 2.60. The van der Waals surface area contributed by atoms with E-state index in [2.05, 4.69) is 136 Å². The molecule has 1 spiro atoms. The molecular weight excluding hydrogens is 639 g/mol. The molecule has 1 aromatic heterocycles. The quantitative estimate of drug-likeness (QED) is 0.184. The number of hydrogen-bond acceptors (Lipinski definition) is 3. The van der Waals surface area contributed by atoms with Gasteiger partial charge in [0, 0.05) is 43.4 Å². The van der Waals surface area contributed by atoms with Crippen molar-refractivity contribution in [2.24, 2.45) is 23.7 Å². The molecule has 0 amide bonds. The molecule has 4 fully saturated rings. The molecule has 6 aromatic rings. The van der Waals surface area contributed by atoms with Crippen molar-refractivity contribution in [2.45, 2.75) is 98.7 Å². The summed E-state index contributed by atoms with van der Waals surface area (Å²) in [5.74, 6) is 3.27. The van der Waals surface area contributed by atoms with Gasteiger partial charge in [-0.25, -0.2) is 0 Å². The number of anilines is 3. The Morgan fingerprint density at radius 3 is 2.04 bits per heavy atom. The van der Waals surface area contributed by atoms with Crippen LogP contribution in [0.4, 0.5) is 17.1 Å².